The normalized spacial score (nSPS) is 16.2. The average Bonchev–Trinajstić information content (AvgIpc) is 3.07. The fraction of sp³-hybridized carbons (Fsp3) is 0. The second-order valence-electron chi connectivity index (χ2n) is 5.66. The van der Waals surface area contributed by atoms with Crippen molar-refractivity contribution < 1.29 is 18.4 Å². The molecule has 2 aliphatic heterocycles. The fourth-order valence-electron chi connectivity index (χ4n) is 2.97. The van der Waals surface area contributed by atoms with Crippen LogP contribution in [0.4, 0.5) is 8.78 Å². The van der Waals surface area contributed by atoms with Gasteiger partial charge in [-0.15, -0.1) is 0 Å². The van der Waals surface area contributed by atoms with Gasteiger partial charge >= 0.3 is 0 Å². The van der Waals surface area contributed by atoms with E-state index in [-0.39, 0.29) is 33.7 Å². The fourth-order valence-corrected chi connectivity index (χ4v) is 3.64. The number of hydrogen-bond donors (Lipinski definition) is 2. The van der Waals surface area contributed by atoms with E-state index in [1.165, 1.54) is 24.3 Å². The molecule has 0 bridgehead atoms. The zero-order chi connectivity index (χ0) is 18.6. The molecule has 4 rings (SSSR count). The summed E-state index contributed by atoms with van der Waals surface area (Å²) in [4.78, 5) is 24.9. The molecule has 0 fully saturated rings. The van der Waals surface area contributed by atoms with Gasteiger partial charge in [0.15, 0.2) is 0 Å². The SMILES string of the molecule is O=C1NC(c2ccc(Br)cc2F)=C2C(=O)NC(c3ccc(Br)cc3F)=C12. The first-order valence-electron chi connectivity index (χ1n) is 7.39. The Morgan fingerprint density at radius 1 is 0.692 bits per heavy atom. The van der Waals surface area contributed by atoms with Crippen LogP contribution in [0.25, 0.3) is 11.4 Å². The number of carbonyl (C=O) groups is 2. The van der Waals surface area contributed by atoms with E-state index in [0.29, 0.717) is 8.95 Å². The summed E-state index contributed by atoms with van der Waals surface area (Å²) in [7, 11) is 0. The minimum absolute atomic E-state index is 0.00791. The molecule has 2 aliphatic rings. The highest BCUT2D eigenvalue weighted by molar-refractivity contribution is 9.10. The summed E-state index contributed by atoms with van der Waals surface area (Å²) in [6, 6.07) is 8.58. The molecule has 0 saturated heterocycles. The van der Waals surface area contributed by atoms with Crippen molar-refractivity contribution in [2.24, 2.45) is 0 Å². The van der Waals surface area contributed by atoms with E-state index in [9.17, 15) is 18.4 Å². The van der Waals surface area contributed by atoms with Crippen LogP contribution < -0.4 is 10.6 Å². The van der Waals surface area contributed by atoms with Crippen LogP contribution >= 0.6 is 31.9 Å². The van der Waals surface area contributed by atoms with E-state index in [4.69, 9.17) is 0 Å². The van der Waals surface area contributed by atoms with Crippen LogP contribution in [-0.4, -0.2) is 11.8 Å². The molecule has 0 unspecified atom stereocenters. The number of carbonyl (C=O) groups excluding carboxylic acids is 2. The first kappa shape index (κ1) is 17.1. The van der Waals surface area contributed by atoms with Gasteiger partial charge in [0.25, 0.3) is 11.8 Å². The van der Waals surface area contributed by atoms with E-state index in [1.54, 1.807) is 12.1 Å². The van der Waals surface area contributed by atoms with Crippen molar-refractivity contribution in [3.05, 3.63) is 79.3 Å². The van der Waals surface area contributed by atoms with Crippen LogP contribution in [0, 0.1) is 11.6 Å². The first-order chi connectivity index (χ1) is 12.4. The topological polar surface area (TPSA) is 58.2 Å². The molecule has 0 aliphatic carbocycles. The number of fused-ring (bicyclic) bond motifs is 1. The lowest BCUT2D eigenvalue weighted by Crippen LogP contribution is -2.22. The van der Waals surface area contributed by atoms with Gasteiger partial charge in [0, 0.05) is 20.1 Å². The minimum Gasteiger partial charge on any atom is -0.320 e. The highest BCUT2D eigenvalue weighted by atomic mass is 79.9. The Kier molecular flexibility index (Phi) is 4.04. The third-order valence-electron chi connectivity index (χ3n) is 4.08. The van der Waals surface area contributed by atoms with Crippen LogP contribution in [0.2, 0.25) is 0 Å². The lowest BCUT2D eigenvalue weighted by Gasteiger charge is -2.09. The molecular formula is C18H8Br2F2N2O2. The van der Waals surface area contributed by atoms with E-state index in [2.05, 4.69) is 42.5 Å². The minimum atomic E-state index is -0.598. The zero-order valence-electron chi connectivity index (χ0n) is 12.8. The molecule has 26 heavy (non-hydrogen) atoms. The second kappa shape index (κ2) is 6.14. The molecular weight excluding hydrogens is 474 g/mol. The maximum absolute atomic E-state index is 14.3. The Balaban J connectivity index is 1.94. The van der Waals surface area contributed by atoms with E-state index in [0.717, 1.165) is 0 Å². The van der Waals surface area contributed by atoms with E-state index >= 15 is 0 Å². The number of benzene rings is 2. The molecule has 0 radical (unpaired) electrons. The molecule has 0 spiro atoms. The van der Waals surface area contributed by atoms with Crippen LogP contribution in [0.5, 0.6) is 0 Å². The van der Waals surface area contributed by atoms with Crippen molar-refractivity contribution in [2.45, 2.75) is 0 Å². The van der Waals surface area contributed by atoms with E-state index < -0.39 is 23.4 Å². The van der Waals surface area contributed by atoms with Gasteiger partial charge in [-0.1, -0.05) is 31.9 Å². The van der Waals surface area contributed by atoms with Gasteiger partial charge in [-0.3, -0.25) is 9.59 Å². The van der Waals surface area contributed by atoms with Gasteiger partial charge in [-0.05, 0) is 36.4 Å². The predicted molar refractivity (Wildman–Crippen MR) is 98.3 cm³/mol. The van der Waals surface area contributed by atoms with Crippen molar-refractivity contribution in [1.29, 1.82) is 0 Å². The predicted octanol–water partition coefficient (Wildman–Crippen LogP) is 3.87. The summed E-state index contributed by atoms with van der Waals surface area (Å²) in [6.45, 7) is 0. The van der Waals surface area contributed by atoms with Gasteiger partial charge in [0.05, 0.1) is 22.5 Å². The Hall–Kier alpha value is -2.32. The highest BCUT2D eigenvalue weighted by Crippen LogP contribution is 2.39. The standard InChI is InChI=1S/C18H8Br2F2N2O2/c19-7-1-3-9(11(21)5-7)15-13-14(18(26)23-15)16(24-17(13)25)10-4-2-8(20)6-12(10)22/h1-6H,(H,23,26)(H,24,25). The molecule has 2 N–H and O–H groups in total. The summed E-state index contributed by atoms with van der Waals surface area (Å²) in [6.07, 6.45) is 0. The van der Waals surface area contributed by atoms with Gasteiger partial charge in [0.1, 0.15) is 11.6 Å². The quantitative estimate of drug-likeness (QED) is 0.684. The van der Waals surface area contributed by atoms with Crippen LogP contribution in [0.3, 0.4) is 0 Å². The van der Waals surface area contributed by atoms with Crippen molar-refractivity contribution >= 4 is 55.1 Å². The van der Waals surface area contributed by atoms with Gasteiger partial charge < -0.3 is 10.6 Å². The number of rotatable bonds is 2. The summed E-state index contributed by atoms with van der Waals surface area (Å²) in [5.74, 6) is -2.38. The Morgan fingerprint density at radius 3 is 1.42 bits per heavy atom. The summed E-state index contributed by atoms with van der Waals surface area (Å²) in [5, 5.41) is 5.06. The molecule has 2 aromatic carbocycles. The number of halogens is 4. The smallest absolute Gasteiger partial charge is 0.258 e. The van der Waals surface area contributed by atoms with Crippen molar-refractivity contribution in [1.82, 2.24) is 10.6 Å². The summed E-state index contributed by atoms with van der Waals surface area (Å²) in [5.41, 5.74) is 0.320. The molecule has 130 valence electrons. The highest BCUT2D eigenvalue weighted by Gasteiger charge is 2.41. The van der Waals surface area contributed by atoms with Crippen LogP contribution in [0.15, 0.2) is 56.5 Å². The molecule has 2 heterocycles. The van der Waals surface area contributed by atoms with Crippen molar-refractivity contribution in [3.63, 3.8) is 0 Å². The lowest BCUT2D eigenvalue weighted by atomic mass is 10.0. The molecule has 0 saturated carbocycles. The third-order valence-corrected chi connectivity index (χ3v) is 5.07. The Bertz CT molecular complexity index is 991. The molecule has 0 atom stereocenters. The largest absolute Gasteiger partial charge is 0.320 e. The summed E-state index contributed by atoms with van der Waals surface area (Å²) >= 11 is 6.32. The number of amides is 2. The van der Waals surface area contributed by atoms with Crippen LogP contribution in [0.1, 0.15) is 11.1 Å². The molecule has 0 aromatic heterocycles. The zero-order valence-corrected chi connectivity index (χ0v) is 16.0. The maximum atomic E-state index is 14.3. The van der Waals surface area contributed by atoms with Crippen LogP contribution in [-0.2, 0) is 9.59 Å². The number of hydrogen-bond acceptors (Lipinski definition) is 2. The second-order valence-corrected chi connectivity index (χ2v) is 7.49. The maximum Gasteiger partial charge on any atom is 0.258 e. The van der Waals surface area contributed by atoms with E-state index in [1.807, 2.05) is 0 Å². The van der Waals surface area contributed by atoms with Crippen molar-refractivity contribution in [2.75, 3.05) is 0 Å². The number of nitrogens with one attached hydrogen (secondary N) is 2. The summed E-state index contributed by atoms with van der Waals surface area (Å²) < 4.78 is 29.7. The van der Waals surface area contributed by atoms with Gasteiger partial charge in [0.2, 0.25) is 0 Å². The molecule has 2 amide bonds. The lowest BCUT2D eigenvalue weighted by molar-refractivity contribution is -0.117. The average molecular weight is 482 g/mol. The molecule has 2 aromatic rings. The van der Waals surface area contributed by atoms with Gasteiger partial charge in [-0.25, -0.2) is 8.78 Å². The first-order valence-corrected chi connectivity index (χ1v) is 8.98. The monoisotopic (exact) mass is 480 g/mol. The van der Waals surface area contributed by atoms with Crippen molar-refractivity contribution in [3.8, 4) is 0 Å². The third kappa shape index (κ3) is 2.60. The van der Waals surface area contributed by atoms with Gasteiger partial charge in [-0.2, -0.15) is 0 Å². The Labute approximate surface area is 163 Å². The Morgan fingerprint density at radius 2 is 1.08 bits per heavy atom. The molecule has 8 heteroatoms. The molecule has 4 nitrogen and oxygen atoms in total.